The predicted octanol–water partition coefficient (Wildman–Crippen LogP) is 4.54. The Hall–Kier alpha value is -1.70. The van der Waals surface area contributed by atoms with E-state index in [4.69, 9.17) is 0 Å². The van der Waals surface area contributed by atoms with E-state index >= 15 is 0 Å². The standard InChI is InChI=1S/C18H24N2/c1-13(2)9-15-5-7-19-17(11-15)18-12-16(6-8-20-18)10-14(3)4/h5-8,11-14H,9-10H2,1-4H3. The van der Waals surface area contributed by atoms with E-state index in [9.17, 15) is 0 Å². The molecule has 0 N–H and O–H groups in total. The summed E-state index contributed by atoms with van der Waals surface area (Å²) in [5, 5.41) is 0. The molecule has 2 heteroatoms. The van der Waals surface area contributed by atoms with Gasteiger partial charge in [0.25, 0.3) is 0 Å². The van der Waals surface area contributed by atoms with E-state index in [1.54, 1.807) is 0 Å². The fraction of sp³-hybridized carbons (Fsp3) is 0.444. The first-order valence-corrected chi connectivity index (χ1v) is 7.45. The lowest BCUT2D eigenvalue weighted by Gasteiger charge is -2.09. The summed E-state index contributed by atoms with van der Waals surface area (Å²) >= 11 is 0. The molecule has 0 fully saturated rings. The fourth-order valence-electron chi connectivity index (χ4n) is 2.43. The van der Waals surface area contributed by atoms with Gasteiger partial charge in [0.2, 0.25) is 0 Å². The van der Waals surface area contributed by atoms with Crippen LogP contribution in [0.5, 0.6) is 0 Å². The normalized spacial score (nSPS) is 11.3. The average Bonchev–Trinajstić information content (AvgIpc) is 2.38. The van der Waals surface area contributed by atoms with Gasteiger partial charge in [-0.3, -0.25) is 9.97 Å². The highest BCUT2D eigenvalue weighted by Gasteiger charge is 2.06. The predicted molar refractivity (Wildman–Crippen MR) is 84.6 cm³/mol. The van der Waals surface area contributed by atoms with Crippen molar-refractivity contribution in [3.05, 3.63) is 47.8 Å². The average molecular weight is 268 g/mol. The quantitative estimate of drug-likeness (QED) is 0.795. The molecule has 2 heterocycles. The monoisotopic (exact) mass is 268 g/mol. The van der Waals surface area contributed by atoms with Crippen molar-refractivity contribution < 1.29 is 0 Å². The molecule has 2 aromatic heterocycles. The Morgan fingerprint density at radius 2 is 1.15 bits per heavy atom. The third-order valence-corrected chi connectivity index (χ3v) is 3.20. The Morgan fingerprint density at radius 3 is 1.50 bits per heavy atom. The number of nitrogens with zero attached hydrogens (tertiary/aromatic N) is 2. The van der Waals surface area contributed by atoms with Gasteiger partial charge in [0.15, 0.2) is 0 Å². The first kappa shape index (κ1) is 14.7. The van der Waals surface area contributed by atoms with Crippen molar-refractivity contribution in [1.29, 1.82) is 0 Å². The van der Waals surface area contributed by atoms with E-state index in [0.29, 0.717) is 11.8 Å². The zero-order valence-corrected chi connectivity index (χ0v) is 12.9. The van der Waals surface area contributed by atoms with Crippen molar-refractivity contribution in [3.8, 4) is 11.4 Å². The second-order valence-corrected chi connectivity index (χ2v) is 6.29. The number of hydrogen-bond donors (Lipinski definition) is 0. The lowest BCUT2D eigenvalue weighted by Crippen LogP contribution is -1.98. The summed E-state index contributed by atoms with van der Waals surface area (Å²) < 4.78 is 0. The molecule has 0 saturated carbocycles. The maximum Gasteiger partial charge on any atom is 0.0888 e. The van der Waals surface area contributed by atoms with Crippen LogP contribution in [-0.2, 0) is 12.8 Å². The first-order valence-electron chi connectivity index (χ1n) is 7.45. The van der Waals surface area contributed by atoms with Gasteiger partial charge in [-0.15, -0.1) is 0 Å². The highest BCUT2D eigenvalue weighted by atomic mass is 14.8. The van der Waals surface area contributed by atoms with E-state index in [1.807, 2.05) is 12.4 Å². The topological polar surface area (TPSA) is 25.8 Å². The second kappa shape index (κ2) is 6.65. The van der Waals surface area contributed by atoms with Gasteiger partial charge < -0.3 is 0 Å². The highest BCUT2D eigenvalue weighted by molar-refractivity contribution is 5.55. The van der Waals surface area contributed by atoms with E-state index in [2.05, 4.69) is 61.9 Å². The van der Waals surface area contributed by atoms with Gasteiger partial charge in [-0.05, 0) is 60.1 Å². The van der Waals surface area contributed by atoms with Gasteiger partial charge in [0, 0.05) is 12.4 Å². The molecule has 0 aliphatic carbocycles. The molecular weight excluding hydrogens is 244 g/mol. The lowest BCUT2D eigenvalue weighted by molar-refractivity contribution is 0.646. The minimum Gasteiger partial charge on any atom is -0.255 e. The molecule has 0 unspecified atom stereocenters. The summed E-state index contributed by atoms with van der Waals surface area (Å²) in [6, 6.07) is 8.53. The van der Waals surface area contributed by atoms with Gasteiger partial charge in [-0.1, -0.05) is 27.7 Å². The fourth-order valence-corrected chi connectivity index (χ4v) is 2.43. The second-order valence-electron chi connectivity index (χ2n) is 6.29. The van der Waals surface area contributed by atoms with Crippen LogP contribution in [0.4, 0.5) is 0 Å². The Morgan fingerprint density at radius 1 is 0.750 bits per heavy atom. The number of pyridine rings is 2. The lowest BCUT2D eigenvalue weighted by atomic mass is 10.0. The van der Waals surface area contributed by atoms with Crippen LogP contribution in [-0.4, -0.2) is 9.97 Å². The largest absolute Gasteiger partial charge is 0.255 e. The molecule has 2 aromatic rings. The van der Waals surface area contributed by atoms with E-state index in [0.717, 1.165) is 24.2 Å². The molecule has 0 aromatic carbocycles. The van der Waals surface area contributed by atoms with E-state index in [-0.39, 0.29) is 0 Å². The van der Waals surface area contributed by atoms with Gasteiger partial charge in [-0.2, -0.15) is 0 Å². The molecule has 0 aliphatic rings. The third kappa shape index (κ3) is 4.16. The maximum atomic E-state index is 4.47. The van der Waals surface area contributed by atoms with Crippen molar-refractivity contribution in [2.45, 2.75) is 40.5 Å². The van der Waals surface area contributed by atoms with Crippen molar-refractivity contribution in [2.75, 3.05) is 0 Å². The summed E-state index contributed by atoms with van der Waals surface area (Å²) in [7, 11) is 0. The summed E-state index contributed by atoms with van der Waals surface area (Å²) in [6.45, 7) is 8.95. The van der Waals surface area contributed by atoms with Crippen molar-refractivity contribution >= 4 is 0 Å². The van der Waals surface area contributed by atoms with Crippen LogP contribution < -0.4 is 0 Å². The number of hydrogen-bond acceptors (Lipinski definition) is 2. The van der Waals surface area contributed by atoms with Crippen molar-refractivity contribution in [3.63, 3.8) is 0 Å². The Balaban J connectivity index is 2.26. The Labute approximate surface area is 122 Å². The molecule has 106 valence electrons. The van der Waals surface area contributed by atoms with Gasteiger partial charge >= 0.3 is 0 Å². The van der Waals surface area contributed by atoms with E-state index < -0.39 is 0 Å². The molecule has 0 saturated heterocycles. The van der Waals surface area contributed by atoms with Crippen molar-refractivity contribution in [1.82, 2.24) is 9.97 Å². The summed E-state index contributed by atoms with van der Waals surface area (Å²) in [6.07, 6.45) is 5.95. The molecule has 0 atom stereocenters. The minimum absolute atomic E-state index is 0.658. The molecule has 2 nitrogen and oxygen atoms in total. The maximum absolute atomic E-state index is 4.47. The van der Waals surface area contributed by atoms with Crippen LogP contribution in [0.15, 0.2) is 36.7 Å². The Bertz CT molecular complexity index is 507. The molecule has 0 amide bonds. The van der Waals surface area contributed by atoms with Crippen LogP contribution in [0.3, 0.4) is 0 Å². The van der Waals surface area contributed by atoms with Crippen LogP contribution in [0, 0.1) is 11.8 Å². The Kier molecular flexibility index (Phi) is 4.89. The van der Waals surface area contributed by atoms with Crippen LogP contribution in [0.25, 0.3) is 11.4 Å². The van der Waals surface area contributed by atoms with Crippen LogP contribution in [0.2, 0.25) is 0 Å². The molecule has 0 spiro atoms. The molecule has 20 heavy (non-hydrogen) atoms. The van der Waals surface area contributed by atoms with Crippen LogP contribution >= 0.6 is 0 Å². The summed E-state index contributed by atoms with van der Waals surface area (Å²) in [5.41, 5.74) is 4.63. The van der Waals surface area contributed by atoms with Gasteiger partial charge in [0.1, 0.15) is 0 Å². The molecule has 2 rings (SSSR count). The van der Waals surface area contributed by atoms with Gasteiger partial charge in [0.05, 0.1) is 11.4 Å². The van der Waals surface area contributed by atoms with Crippen molar-refractivity contribution in [2.24, 2.45) is 11.8 Å². The number of aromatic nitrogens is 2. The van der Waals surface area contributed by atoms with Crippen LogP contribution in [0.1, 0.15) is 38.8 Å². The smallest absolute Gasteiger partial charge is 0.0888 e. The third-order valence-electron chi connectivity index (χ3n) is 3.20. The highest BCUT2D eigenvalue weighted by Crippen LogP contribution is 2.19. The molecule has 0 aliphatic heterocycles. The van der Waals surface area contributed by atoms with Gasteiger partial charge in [-0.25, -0.2) is 0 Å². The zero-order valence-electron chi connectivity index (χ0n) is 12.9. The minimum atomic E-state index is 0.658. The molecule has 0 radical (unpaired) electrons. The number of rotatable bonds is 5. The zero-order chi connectivity index (χ0) is 14.5. The van der Waals surface area contributed by atoms with E-state index in [1.165, 1.54) is 11.1 Å². The first-order chi connectivity index (χ1) is 9.54. The SMILES string of the molecule is CC(C)Cc1ccnc(-c2cc(CC(C)C)ccn2)c1. The summed E-state index contributed by atoms with van der Waals surface area (Å²) in [4.78, 5) is 8.95. The molecule has 0 bridgehead atoms. The summed E-state index contributed by atoms with van der Waals surface area (Å²) in [5.74, 6) is 1.32. The molecular formula is C18H24N2.